The molecule has 3 aromatic rings. The summed E-state index contributed by atoms with van der Waals surface area (Å²) in [6, 6.07) is 16.6. The van der Waals surface area contributed by atoms with Crippen LogP contribution in [0, 0.1) is 0 Å². The number of aromatic nitrogens is 3. The van der Waals surface area contributed by atoms with Crippen LogP contribution in [0.5, 0.6) is 0 Å². The Bertz CT molecular complexity index is 946. The van der Waals surface area contributed by atoms with E-state index in [2.05, 4.69) is 20.9 Å². The van der Waals surface area contributed by atoms with Crippen molar-refractivity contribution in [2.24, 2.45) is 0 Å². The maximum atomic E-state index is 12.0. The molecule has 2 aromatic carbocycles. The number of carbonyl (C=O) groups is 2. The molecule has 1 aromatic heterocycles. The van der Waals surface area contributed by atoms with Crippen LogP contribution in [0.1, 0.15) is 21.6 Å². The second-order valence-corrected chi connectivity index (χ2v) is 5.81. The fourth-order valence-electron chi connectivity index (χ4n) is 2.43. The fourth-order valence-corrected chi connectivity index (χ4v) is 2.43. The molecule has 27 heavy (non-hydrogen) atoms. The number of nitrogens with one attached hydrogen (secondary N) is 2. The minimum Gasteiger partial charge on any atom is -0.355 e. The molecular formula is C20H19N5O2. The standard InChI is InChI=1S/C20H19N5O2/c1-21-20(27)16-7-9-17(10-8-16)22-19(26)12-11-18-14-25(24-23-18)13-15-5-3-2-4-6-15/h2-12,14H,13H2,1H3,(H,21,27)(H,22,26)/b12-11+. The lowest BCUT2D eigenvalue weighted by molar-refractivity contribution is -0.111. The molecule has 0 saturated carbocycles. The predicted molar refractivity (Wildman–Crippen MR) is 103 cm³/mol. The zero-order chi connectivity index (χ0) is 19.1. The maximum Gasteiger partial charge on any atom is 0.251 e. The quantitative estimate of drug-likeness (QED) is 0.660. The van der Waals surface area contributed by atoms with Crippen molar-refractivity contribution < 1.29 is 9.59 Å². The molecule has 0 radical (unpaired) electrons. The van der Waals surface area contributed by atoms with Gasteiger partial charge in [-0.3, -0.25) is 9.59 Å². The molecule has 1 heterocycles. The Balaban J connectivity index is 1.56. The second-order valence-electron chi connectivity index (χ2n) is 5.81. The molecule has 0 saturated heterocycles. The number of nitrogens with zero attached hydrogens (tertiary/aromatic N) is 3. The third-order valence-corrected chi connectivity index (χ3v) is 3.79. The molecule has 0 aliphatic rings. The van der Waals surface area contributed by atoms with E-state index in [1.807, 2.05) is 30.3 Å². The Morgan fingerprint density at radius 2 is 1.81 bits per heavy atom. The van der Waals surface area contributed by atoms with Crippen LogP contribution in [0.15, 0.2) is 66.9 Å². The van der Waals surface area contributed by atoms with E-state index in [1.54, 1.807) is 48.3 Å². The minimum absolute atomic E-state index is 0.175. The highest BCUT2D eigenvalue weighted by atomic mass is 16.2. The van der Waals surface area contributed by atoms with Gasteiger partial charge in [0.15, 0.2) is 0 Å². The highest BCUT2D eigenvalue weighted by Gasteiger charge is 2.04. The molecule has 0 bridgehead atoms. The van der Waals surface area contributed by atoms with E-state index in [9.17, 15) is 9.59 Å². The van der Waals surface area contributed by atoms with Gasteiger partial charge in [0.1, 0.15) is 5.69 Å². The Labute approximate surface area is 156 Å². The summed E-state index contributed by atoms with van der Waals surface area (Å²) in [7, 11) is 1.57. The summed E-state index contributed by atoms with van der Waals surface area (Å²) < 4.78 is 1.71. The average Bonchev–Trinajstić information content (AvgIpc) is 3.14. The van der Waals surface area contributed by atoms with Gasteiger partial charge in [-0.15, -0.1) is 5.10 Å². The third-order valence-electron chi connectivity index (χ3n) is 3.79. The van der Waals surface area contributed by atoms with Gasteiger partial charge in [-0.1, -0.05) is 35.5 Å². The summed E-state index contributed by atoms with van der Waals surface area (Å²) in [6.07, 6.45) is 4.77. The molecule has 0 spiro atoms. The molecule has 7 nitrogen and oxygen atoms in total. The van der Waals surface area contributed by atoms with Gasteiger partial charge in [-0.25, -0.2) is 4.68 Å². The summed E-state index contributed by atoms with van der Waals surface area (Å²) in [4.78, 5) is 23.5. The first-order valence-electron chi connectivity index (χ1n) is 8.39. The van der Waals surface area contributed by atoms with Crippen LogP contribution in [0.25, 0.3) is 6.08 Å². The molecule has 2 N–H and O–H groups in total. The number of benzene rings is 2. The van der Waals surface area contributed by atoms with Crippen molar-refractivity contribution in [1.29, 1.82) is 0 Å². The zero-order valence-corrected chi connectivity index (χ0v) is 14.8. The van der Waals surface area contributed by atoms with Gasteiger partial charge in [0.2, 0.25) is 5.91 Å². The first kappa shape index (κ1) is 18.1. The monoisotopic (exact) mass is 361 g/mol. The van der Waals surface area contributed by atoms with Crippen LogP contribution in [-0.2, 0) is 11.3 Å². The Hall–Kier alpha value is -3.74. The molecule has 0 aliphatic carbocycles. The van der Waals surface area contributed by atoms with E-state index in [4.69, 9.17) is 0 Å². The second kappa shape index (κ2) is 8.57. The third kappa shape index (κ3) is 5.12. The van der Waals surface area contributed by atoms with Crippen molar-refractivity contribution in [3.8, 4) is 0 Å². The summed E-state index contributed by atoms with van der Waals surface area (Å²) in [5.41, 5.74) is 2.85. The van der Waals surface area contributed by atoms with Gasteiger partial charge in [0.25, 0.3) is 5.91 Å². The molecule has 0 aliphatic heterocycles. The van der Waals surface area contributed by atoms with Crippen molar-refractivity contribution in [2.75, 3.05) is 12.4 Å². The summed E-state index contributed by atoms with van der Waals surface area (Å²) >= 11 is 0. The summed E-state index contributed by atoms with van der Waals surface area (Å²) in [5, 5.41) is 13.4. The van der Waals surface area contributed by atoms with Gasteiger partial charge >= 0.3 is 0 Å². The number of carbonyl (C=O) groups excluding carboxylic acids is 2. The van der Waals surface area contributed by atoms with Gasteiger partial charge in [0.05, 0.1) is 12.7 Å². The van der Waals surface area contributed by atoms with Gasteiger partial charge < -0.3 is 10.6 Å². The molecule has 0 fully saturated rings. The van der Waals surface area contributed by atoms with Crippen LogP contribution in [-0.4, -0.2) is 33.9 Å². The van der Waals surface area contributed by atoms with Crippen molar-refractivity contribution in [2.45, 2.75) is 6.54 Å². The van der Waals surface area contributed by atoms with Crippen molar-refractivity contribution in [1.82, 2.24) is 20.3 Å². The van der Waals surface area contributed by atoms with Crippen LogP contribution >= 0.6 is 0 Å². The topological polar surface area (TPSA) is 88.9 Å². The molecule has 0 unspecified atom stereocenters. The SMILES string of the molecule is CNC(=O)c1ccc(NC(=O)/C=C/c2cn(Cc3ccccc3)nn2)cc1. The average molecular weight is 361 g/mol. The van der Waals surface area contributed by atoms with E-state index in [0.717, 1.165) is 5.56 Å². The Morgan fingerprint density at radius 1 is 1.07 bits per heavy atom. The highest BCUT2D eigenvalue weighted by molar-refractivity contribution is 6.02. The van der Waals surface area contributed by atoms with Crippen LogP contribution in [0.4, 0.5) is 5.69 Å². The van der Waals surface area contributed by atoms with Crippen molar-refractivity contribution >= 4 is 23.6 Å². The Kier molecular flexibility index (Phi) is 5.73. The van der Waals surface area contributed by atoms with Crippen LogP contribution in [0.2, 0.25) is 0 Å². The smallest absolute Gasteiger partial charge is 0.251 e. The minimum atomic E-state index is -0.291. The molecule has 0 atom stereocenters. The summed E-state index contributed by atoms with van der Waals surface area (Å²) in [6.45, 7) is 0.617. The number of hydrogen-bond donors (Lipinski definition) is 2. The highest BCUT2D eigenvalue weighted by Crippen LogP contribution is 2.10. The first-order chi connectivity index (χ1) is 13.1. The predicted octanol–water partition coefficient (Wildman–Crippen LogP) is 2.34. The molecule has 7 heteroatoms. The molecule has 2 amide bonds. The number of amides is 2. The van der Waals surface area contributed by atoms with Crippen LogP contribution < -0.4 is 10.6 Å². The number of anilines is 1. The van der Waals surface area contributed by atoms with E-state index in [0.29, 0.717) is 23.5 Å². The van der Waals surface area contributed by atoms with E-state index in [1.165, 1.54) is 6.08 Å². The summed E-state index contributed by atoms with van der Waals surface area (Å²) in [5.74, 6) is -0.466. The maximum absolute atomic E-state index is 12.0. The van der Waals surface area contributed by atoms with Gasteiger partial charge in [-0.05, 0) is 35.9 Å². The van der Waals surface area contributed by atoms with E-state index < -0.39 is 0 Å². The number of rotatable bonds is 6. The van der Waals surface area contributed by atoms with Gasteiger partial charge in [-0.2, -0.15) is 0 Å². The number of hydrogen-bond acceptors (Lipinski definition) is 4. The largest absolute Gasteiger partial charge is 0.355 e. The first-order valence-corrected chi connectivity index (χ1v) is 8.39. The van der Waals surface area contributed by atoms with Crippen molar-refractivity contribution in [3.05, 3.63) is 83.7 Å². The lowest BCUT2D eigenvalue weighted by atomic mass is 10.2. The fraction of sp³-hybridized carbons (Fsp3) is 0.100. The lowest BCUT2D eigenvalue weighted by Gasteiger charge is -2.03. The lowest BCUT2D eigenvalue weighted by Crippen LogP contribution is -2.17. The van der Waals surface area contributed by atoms with Crippen molar-refractivity contribution in [3.63, 3.8) is 0 Å². The molecule has 136 valence electrons. The molecular weight excluding hydrogens is 342 g/mol. The Morgan fingerprint density at radius 3 is 2.52 bits per heavy atom. The van der Waals surface area contributed by atoms with E-state index in [-0.39, 0.29) is 11.8 Å². The normalized spacial score (nSPS) is 10.7. The van der Waals surface area contributed by atoms with E-state index >= 15 is 0 Å². The zero-order valence-electron chi connectivity index (χ0n) is 14.8. The van der Waals surface area contributed by atoms with Crippen LogP contribution in [0.3, 0.4) is 0 Å². The van der Waals surface area contributed by atoms with Gasteiger partial charge in [0, 0.05) is 24.4 Å². The molecule has 3 rings (SSSR count).